The third-order valence-electron chi connectivity index (χ3n) is 5.18. The van der Waals surface area contributed by atoms with Gasteiger partial charge in [-0.3, -0.25) is 19.9 Å². The Bertz CT molecular complexity index is 1610. The standard InChI is InChI=1S/C23H15N7OS/c1-12(31)17-6-7-18(32-17)21-19-15(8-10-25-21)27-23(28-19)22-20-16(29-30-22)5-4-14(26-20)13-3-2-9-24-11-13/h2-11H,1H3,(H,27,28)(H,29,30). The van der Waals surface area contributed by atoms with Crippen LogP contribution in [0.3, 0.4) is 0 Å². The van der Waals surface area contributed by atoms with Crippen LogP contribution in [0.2, 0.25) is 0 Å². The van der Waals surface area contributed by atoms with Crippen molar-refractivity contribution in [1.29, 1.82) is 0 Å². The molecular weight excluding hydrogens is 422 g/mol. The minimum atomic E-state index is 0.0367. The molecule has 0 saturated carbocycles. The zero-order chi connectivity index (χ0) is 21.7. The number of rotatable bonds is 4. The predicted molar refractivity (Wildman–Crippen MR) is 123 cm³/mol. The summed E-state index contributed by atoms with van der Waals surface area (Å²) in [6.45, 7) is 1.56. The summed E-state index contributed by atoms with van der Waals surface area (Å²) in [6, 6.07) is 13.3. The fraction of sp³-hybridized carbons (Fsp3) is 0.0435. The van der Waals surface area contributed by atoms with E-state index in [1.165, 1.54) is 11.3 Å². The van der Waals surface area contributed by atoms with E-state index >= 15 is 0 Å². The Morgan fingerprint density at radius 1 is 0.938 bits per heavy atom. The molecule has 32 heavy (non-hydrogen) atoms. The number of aromatic amines is 2. The second kappa shape index (κ2) is 7.17. The summed E-state index contributed by atoms with van der Waals surface area (Å²) in [7, 11) is 0. The van der Waals surface area contributed by atoms with Crippen LogP contribution in [0.15, 0.2) is 61.1 Å². The van der Waals surface area contributed by atoms with E-state index in [2.05, 4.69) is 25.1 Å². The zero-order valence-corrected chi connectivity index (χ0v) is 17.6. The van der Waals surface area contributed by atoms with Crippen molar-refractivity contribution in [2.45, 2.75) is 6.92 Å². The summed E-state index contributed by atoms with van der Waals surface area (Å²) in [5.41, 5.74) is 6.18. The molecule has 0 aromatic carbocycles. The smallest absolute Gasteiger partial charge is 0.169 e. The van der Waals surface area contributed by atoms with Crippen molar-refractivity contribution >= 4 is 39.2 Å². The number of H-pyrrole nitrogens is 2. The Kier molecular flexibility index (Phi) is 4.15. The molecule has 0 bridgehead atoms. The molecule has 0 radical (unpaired) electrons. The van der Waals surface area contributed by atoms with Crippen LogP contribution in [-0.2, 0) is 0 Å². The van der Waals surface area contributed by atoms with E-state index in [0.29, 0.717) is 16.4 Å². The molecule has 154 valence electrons. The molecule has 0 aliphatic heterocycles. The van der Waals surface area contributed by atoms with Gasteiger partial charge in [-0.15, -0.1) is 11.3 Å². The second-order valence-corrected chi connectivity index (χ2v) is 8.35. The average Bonchev–Trinajstić information content (AvgIpc) is 3.56. The summed E-state index contributed by atoms with van der Waals surface area (Å²) < 4.78 is 0. The van der Waals surface area contributed by atoms with Crippen molar-refractivity contribution < 1.29 is 4.79 Å². The Morgan fingerprint density at radius 2 is 1.84 bits per heavy atom. The van der Waals surface area contributed by atoms with Crippen molar-refractivity contribution in [1.82, 2.24) is 35.1 Å². The van der Waals surface area contributed by atoms with Gasteiger partial charge >= 0.3 is 0 Å². The van der Waals surface area contributed by atoms with Crippen LogP contribution in [-0.4, -0.2) is 40.9 Å². The molecule has 6 aromatic heterocycles. The first-order valence-corrected chi connectivity index (χ1v) is 10.7. The number of pyridine rings is 3. The molecule has 9 heteroatoms. The van der Waals surface area contributed by atoms with Gasteiger partial charge in [-0.1, -0.05) is 0 Å². The molecule has 8 nitrogen and oxygen atoms in total. The number of thiophene rings is 1. The van der Waals surface area contributed by atoms with Gasteiger partial charge in [0.15, 0.2) is 17.3 Å². The first kappa shape index (κ1) is 18.5. The van der Waals surface area contributed by atoms with Crippen molar-refractivity contribution in [2.75, 3.05) is 0 Å². The number of aromatic nitrogens is 7. The monoisotopic (exact) mass is 437 g/mol. The van der Waals surface area contributed by atoms with Gasteiger partial charge in [0.1, 0.15) is 16.7 Å². The van der Waals surface area contributed by atoms with Gasteiger partial charge in [0.2, 0.25) is 0 Å². The number of hydrogen-bond donors (Lipinski definition) is 2. The molecule has 0 atom stereocenters. The molecule has 0 aliphatic carbocycles. The Hall–Kier alpha value is -4.24. The third kappa shape index (κ3) is 2.98. The number of carbonyl (C=O) groups is 1. The van der Waals surface area contributed by atoms with Crippen LogP contribution in [0.25, 0.3) is 55.4 Å². The lowest BCUT2D eigenvalue weighted by Gasteiger charge is -2.00. The maximum atomic E-state index is 11.7. The summed E-state index contributed by atoms with van der Waals surface area (Å²) in [6.07, 6.45) is 5.25. The minimum Gasteiger partial charge on any atom is -0.336 e. The lowest BCUT2D eigenvalue weighted by Crippen LogP contribution is -1.87. The second-order valence-electron chi connectivity index (χ2n) is 7.27. The van der Waals surface area contributed by atoms with E-state index in [4.69, 9.17) is 9.97 Å². The highest BCUT2D eigenvalue weighted by Gasteiger charge is 2.18. The molecule has 0 spiro atoms. The molecule has 6 rings (SSSR count). The summed E-state index contributed by atoms with van der Waals surface area (Å²) in [5.74, 6) is 0.634. The van der Waals surface area contributed by atoms with Crippen LogP contribution in [0.5, 0.6) is 0 Å². The van der Waals surface area contributed by atoms with Gasteiger partial charge in [-0.05, 0) is 49.4 Å². The molecule has 0 aliphatic rings. The Morgan fingerprint density at radius 3 is 2.66 bits per heavy atom. The number of Topliss-reactive ketones (excluding diaryl/α,β-unsaturated/α-hetero) is 1. The van der Waals surface area contributed by atoms with Crippen LogP contribution in [0, 0.1) is 0 Å². The van der Waals surface area contributed by atoms with Crippen molar-refractivity contribution in [3.63, 3.8) is 0 Å². The lowest BCUT2D eigenvalue weighted by atomic mass is 10.2. The highest BCUT2D eigenvalue weighted by atomic mass is 32.1. The average molecular weight is 437 g/mol. The van der Waals surface area contributed by atoms with Gasteiger partial charge < -0.3 is 4.98 Å². The molecule has 0 saturated heterocycles. The van der Waals surface area contributed by atoms with E-state index in [-0.39, 0.29) is 5.78 Å². The van der Waals surface area contributed by atoms with E-state index in [1.54, 1.807) is 25.5 Å². The van der Waals surface area contributed by atoms with Gasteiger partial charge in [-0.25, -0.2) is 9.97 Å². The molecule has 6 heterocycles. The first-order valence-electron chi connectivity index (χ1n) is 9.89. The minimum absolute atomic E-state index is 0.0367. The van der Waals surface area contributed by atoms with Crippen molar-refractivity contribution in [2.24, 2.45) is 0 Å². The zero-order valence-electron chi connectivity index (χ0n) is 16.8. The van der Waals surface area contributed by atoms with Crippen LogP contribution in [0.4, 0.5) is 0 Å². The molecule has 0 fully saturated rings. The number of hydrogen-bond acceptors (Lipinski definition) is 7. The van der Waals surface area contributed by atoms with Gasteiger partial charge in [0.25, 0.3) is 0 Å². The topological polar surface area (TPSA) is 113 Å². The molecule has 0 unspecified atom stereocenters. The number of imidazole rings is 1. The summed E-state index contributed by atoms with van der Waals surface area (Å²) in [4.78, 5) is 35.0. The Balaban J connectivity index is 1.49. The van der Waals surface area contributed by atoms with Crippen LogP contribution >= 0.6 is 11.3 Å². The van der Waals surface area contributed by atoms with Crippen molar-refractivity contribution in [3.05, 3.63) is 65.9 Å². The normalized spacial score (nSPS) is 11.4. The Labute approximate surface area is 185 Å². The number of ketones is 1. The lowest BCUT2D eigenvalue weighted by molar-refractivity contribution is 0.102. The number of fused-ring (bicyclic) bond motifs is 2. The highest BCUT2D eigenvalue weighted by molar-refractivity contribution is 7.17. The maximum Gasteiger partial charge on any atom is 0.169 e. The largest absolute Gasteiger partial charge is 0.336 e. The predicted octanol–water partition coefficient (Wildman–Crippen LogP) is 4.89. The fourth-order valence-corrected chi connectivity index (χ4v) is 4.52. The van der Waals surface area contributed by atoms with E-state index in [9.17, 15) is 4.79 Å². The van der Waals surface area contributed by atoms with Gasteiger partial charge in [0, 0.05) is 24.2 Å². The van der Waals surface area contributed by atoms with E-state index in [1.807, 2.05) is 42.5 Å². The van der Waals surface area contributed by atoms with Gasteiger partial charge in [-0.2, -0.15) is 5.10 Å². The number of nitrogens with one attached hydrogen (secondary N) is 2. The maximum absolute atomic E-state index is 11.7. The molecule has 6 aromatic rings. The quantitative estimate of drug-likeness (QED) is 0.380. The third-order valence-corrected chi connectivity index (χ3v) is 6.37. The highest BCUT2D eigenvalue weighted by Crippen LogP contribution is 2.33. The fourth-order valence-electron chi connectivity index (χ4n) is 3.62. The van der Waals surface area contributed by atoms with E-state index in [0.717, 1.165) is 43.9 Å². The van der Waals surface area contributed by atoms with Crippen molar-refractivity contribution in [3.8, 4) is 33.3 Å². The molecule has 0 amide bonds. The summed E-state index contributed by atoms with van der Waals surface area (Å²) in [5, 5.41) is 7.50. The number of nitrogens with zero attached hydrogens (tertiary/aromatic N) is 5. The van der Waals surface area contributed by atoms with Gasteiger partial charge in [0.05, 0.1) is 26.5 Å². The molecule has 2 N–H and O–H groups in total. The van der Waals surface area contributed by atoms with E-state index < -0.39 is 0 Å². The summed E-state index contributed by atoms with van der Waals surface area (Å²) >= 11 is 1.41. The number of carbonyl (C=O) groups excluding carboxylic acids is 1. The van der Waals surface area contributed by atoms with Crippen LogP contribution < -0.4 is 0 Å². The van der Waals surface area contributed by atoms with Crippen LogP contribution in [0.1, 0.15) is 16.6 Å². The SMILES string of the molecule is CC(=O)c1ccc(-c2nccc3[nH]c(-c4n[nH]c5ccc(-c6cccnc6)nc45)nc23)s1. The molecular formula is C23H15N7OS. The first-order chi connectivity index (χ1) is 15.7.